The number of carbonyl (C=O) groups excluding carboxylic acids is 2. The van der Waals surface area contributed by atoms with Crippen molar-refractivity contribution >= 4 is 11.6 Å². The van der Waals surface area contributed by atoms with E-state index in [0.717, 1.165) is 23.2 Å². The zero-order valence-electron chi connectivity index (χ0n) is 14.1. The predicted octanol–water partition coefficient (Wildman–Crippen LogP) is 3.84. The van der Waals surface area contributed by atoms with E-state index in [1.165, 1.54) is 6.92 Å². The van der Waals surface area contributed by atoms with Gasteiger partial charge in [-0.15, -0.1) is 0 Å². The Morgan fingerprint density at radius 3 is 2.62 bits per heavy atom. The summed E-state index contributed by atoms with van der Waals surface area (Å²) in [5.74, 6) is 6.23. The van der Waals surface area contributed by atoms with Crippen molar-refractivity contribution in [2.45, 2.75) is 33.6 Å². The lowest BCUT2D eigenvalue weighted by Crippen LogP contribution is -2.27. The molecule has 0 atom stereocenters. The highest BCUT2D eigenvalue weighted by Crippen LogP contribution is 2.33. The molecule has 1 heterocycles. The van der Waals surface area contributed by atoms with Crippen molar-refractivity contribution in [3.63, 3.8) is 0 Å². The predicted molar refractivity (Wildman–Crippen MR) is 93.1 cm³/mol. The molecular formula is C21H19NO2. The van der Waals surface area contributed by atoms with Crippen molar-refractivity contribution in [2.75, 3.05) is 0 Å². The van der Waals surface area contributed by atoms with Gasteiger partial charge >= 0.3 is 0 Å². The Bertz CT molecular complexity index is 898. The van der Waals surface area contributed by atoms with Gasteiger partial charge in [-0.25, -0.2) is 0 Å². The number of nitrogens with zero attached hydrogens (tertiary/aromatic N) is 1. The maximum Gasteiger partial charge on any atom is 0.165 e. The van der Waals surface area contributed by atoms with Crippen LogP contribution in [-0.2, 0) is 6.42 Å². The number of aromatic nitrogens is 1. The minimum atomic E-state index is -0.0303. The number of Topliss-reactive ketones (excluding diaryl/α,β-unsaturated/α-hetero) is 2. The fourth-order valence-corrected chi connectivity index (χ4v) is 2.95. The van der Waals surface area contributed by atoms with Crippen molar-refractivity contribution < 1.29 is 9.59 Å². The van der Waals surface area contributed by atoms with Gasteiger partial charge in [-0.2, -0.15) is 0 Å². The van der Waals surface area contributed by atoms with Crippen molar-refractivity contribution in [3.05, 3.63) is 64.5 Å². The summed E-state index contributed by atoms with van der Waals surface area (Å²) in [6, 6.07) is 9.06. The van der Waals surface area contributed by atoms with Crippen LogP contribution in [0.5, 0.6) is 0 Å². The van der Waals surface area contributed by atoms with Crippen molar-refractivity contribution in [2.24, 2.45) is 5.41 Å². The molecule has 0 unspecified atom stereocenters. The van der Waals surface area contributed by atoms with Crippen molar-refractivity contribution in [1.82, 2.24) is 4.98 Å². The van der Waals surface area contributed by atoms with Crippen LogP contribution in [0.25, 0.3) is 0 Å². The van der Waals surface area contributed by atoms with Gasteiger partial charge in [-0.1, -0.05) is 37.8 Å². The standard InChI is InChI=1S/C21H19NO2/c1-14(23)17-6-4-5-15(9-17)7-8-16-10-18-19(22-13-16)11-21(2,3)12-20(18)24/h4-6,9-10,13H,11-12H2,1-3H3. The molecular weight excluding hydrogens is 298 g/mol. The minimum Gasteiger partial charge on any atom is -0.295 e. The highest BCUT2D eigenvalue weighted by Gasteiger charge is 2.31. The first-order valence-electron chi connectivity index (χ1n) is 7.99. The summed E-state index contributed by atoms with van der Waals surface area (Å²) in [5.41, 5.74) is 3.65. The van der Waals surface area contributed by atoms with Gasteiger partial charge in [0.05, 0.1) is 5.69 Å². The number of benzene rings is 1. The van der Waals surface area contributed by atoms with Crippen LogP contribution >= 0.6 is 0 Å². The molecule has 1 aliphatic carbocycles. The number of rotatable bonds is 1. The molecule has 120 valence electrons. The average Bonchev–Trinajstić information content (AvgIpc) is 2.52. The van der Waals surface area contributed by atoms with Gasteiger partial charge < -0.3 is 0 Å². The third-order valence-electron chi connectivity index (χ3n) is 4.18. The molecule has 1 aliphatic rings. The number of hydrogen-bond acceptors (Lipinski definition) is 3. The molecule has 0 N–H and O–H groups in total. The molecule has 1 aromatic carbocycles. The minimum absolute atomic E-state index is 0.0160. The second kappa shape index (κ2) is 6.05. The lowest BCUT2D eigenvalue weighted by atomic mass is 9.75. The van der Waals surface area contributed by atoms with E-state index in [-0.39, 0.29) is 17.0 Å². The summed E-state index contributed by atoms with van der Waals surface area (Å²) in [6.07, 6.45) is 3.07. The van der Waals surface area contributed by atoms with Gasteiger partial charge in [0.15, 0.2) is 11.6 Å². The Balaban J connectivity index is 1.91. The van der Waals surface area contributed by atoms with Crippen molar-refractivity contribution in [3.8, 4) is 11.8 Å². The van der Waals surface area contributed by atoms with E-state index in [0.29, 0.717) is 17.5 Å². The fourth-order valence-electron chi connectivity index (χ4n) is 2.95. The van der Waals surface area contributed by atoms with E-state index in [2.05, 4.69) is 30.7 Å². The Morgan fingerprint density at radius 2 is 1.88 bits per heavy atom. The van der Waals surface area contributed by atoms with Crippen LogP contribution in [0.3, 0.4) is 0 Å². The SMILES string of the molecule is CC(=O)c1cccc(C#Cc2cnc3c(c2)C(=O)CC(C)(C)C3)c1. The van der Waals surface area contributed by atoms with Gasteiger partial charge in [0.25, 0.3) is 0 Å². The summed E-state index contributed by atoms with van der Waals surface area (Å²) < 4.78 is 0. The smallest absolute Gasteiger partial charge is 0.165 e. The first-order valence-corrected chi connectivity index (χ1v) is 7.99. The van der Waals surface area contributed by atoms with E-state index in [1.54, 1.807) is 18.3 Å². The highest BCUT2D eigenvalue weighted by molar-refractivity contribution is 5.99. The molecule has 0 fully saturated rings. The summed E-state index contributed by atoms with van der Waals surface area (Å²) >= 11 is 0. The zero-order chi connectivity index (χ0) is 17.3. The third kappa shape index (κ3) is 3.44. The largest absolute Gasteiger partial charge is 0.295 e. The van der Waals surface area contributed by atoms with E-state index in [1.807, 2.05) is 18.2 Å². The van der Waals surface area contributed by atoms with Crippen LogP contribution in [0, 0.1) is 17.3 Å². The molecule has 0 saturated carbocycles. The summed E-state index contributed by atoms with van der Waals surface area (Å²) in [5, 5.41) is 0. The molecule has 24 heavy (non-hydrogen) atoms. The van der Waals surface area contributed by atoms with Gasteiger partial charge in [-0.05, 0) is 37.0 Å². The summed E-state index contributed by atoms with van der Waals surface area (Å²) in [4.78, 5) is 28.2. The molecule has 3 heteroatoms. The number of carbonyl (C=O) groups is 2. The monoisotopic (exact) mass is 317 g/mol. The quantitative estimate of drug-likeness (QED) is 0.593. The fraction of sp³-hybridized carbons (Fsp3) is 0.286. The number of ketones is 2. The normalized spacial score (nSPS) is 15.2. The molecule has 2 aromatic rings. The van der Waals surface area contributed by atoms with Gasteiger partial charge in [0.1, 0.15) is 0 Å². The molecule has 0 radical (unpaired) electrons. The first-order chi connectivity index (χ1) is 11.3. The number of pyridine rings is 1. The molecule has 0 spiro atoms. The highest BCUT2D eigenvalue weighted by atomic mass is 16.1. The second-order valence-electron chi connectivity index (χ2n) is 7.05. The molecule has 0 bridgehead atoms. The molecule has 0 aliphatic heterocycles. The van der Waals surface area contributed by atoms with Crippen LogP contribution in [0.4, 0.5) is 0 Å². The Morgan fingerprint density at radius 1 is 1.12 bits per heavy atom. The zero-order valence-corrected chi connectivity index (χ0v) is 14.1. The maximum atomic E-state index is 12.3. The first kappa shape index (κ1) is 16.1. The second-order valence-corrected chi connectivity index (χ2v) is 7.05. The van der Waals surface area contributed by atoms with Gasteiger partial charge in [0.2, 0.25) is 0 Å². The van der Waals surface area contributed by atoms with Crippen LogP contribution in [-0.4, -0.2) is 16.6 Å². The summed E-state index contributed by atoms with van der Waals surface area (Å²) in [7, 11) is 0. The van der Waals surface area contributed by atoms with E-state index >= 15 is 0 Å². The van der Waals surface area contributed by atoms with Crippen LogP contribution in [0.1, 0.15) is 64.7 Å². The molecule has 0 saturated heterocycles. The Kier molecular flexibility index (Phi) is 4.07. The third-order valence-corrected chi connectivity index (χ3v) is 4.18. The van der Waals surface area contributed by atoms with E-state index in [4.69, 9.17) is 0 Å². The van der Waals surface area contributed by atoms with E-state index in [9.17, 15) is 9.59 Å². The maximum absolute atomic E-state index is 12.3. The lowest BCUT2D eigenvalue weighted by Gasteiger charge is -2.29. The Labute approximate surface area is 142 Å². The lowest BCUT2D eigenvalue weighted by molar-refractivity contribution is 0.0909. The number of hydrogen-bond donors (Lipinski definition) is 0. The average molecular weight is 317 g/mol. The van der Waals surface area contributed by atoms with Crippen molar-refractivity contribution in [1.29, 1.82) is 0 Å². The van der Waals surface area contributed by atoms with Gasteiger partial charge in [-0.3, -0.25) is 14.6 Å². The van der Waals surface area contributed by atoms with Crippen LogP contribution in [0.2, 0.25) is 0 Å². The topological polar surface area (TPSA) is 47.0 Å². The van der Waals surface area contributed by atoms with Crippen LogP contribution < -0.4 is 0 Å². The molecule has 3 nitrogen and oxygen atoms in total. The summed E-state index contributed by atoms with van der Waals surface area (Å²) in [6.45, 7) is 5.71. The molecule has 0 amide bonds. The molecule has 3 rings (SSSR count). The van der Waals surface area contributed by atoms with E-state index < -0.39 is 0 Å². The Hall–Kier alpha value is -2.73. The van der Waals surface area contributed by atoms with Gasteiger partial charge in [0, 0.05) is 34.9 Å². The molecule has 1 aromatic heterocycles. The van der Waals surface area contributed by atoms with Crippen LogP contribution in [0.15, 0.2) is 36.5 Å². The number of fused-ring (bicyclic) bond motifs is 1.